The first-order valence-corrected chi connectivity index (χ1v) is 8.99. The fraction of sp³-hybridized carbons (Fsp3) is 0.444. The predicted octanol–water partition coefficient (Wildman–Crippen LogP) is 3.53. The van der Waals surface area contributed by atoms with Crippen molar-refractivity contribution in [2.45, 2.75) is 39.2 Å². The maximum atomic E-state index is 4.34. The third-order valence-corrected chi connectivity index (χ3v) is 4.49. The lowest BCUT2D eigenvalue weighted by Crippen LogP contribution is -2.37. The zero-order valence-corrected chi connectivity index (χ0v) is 14.8. The highest BCUT2D eigenvalue weighted by Gasteiger charge is 2.01. The molecule has 0 aliphatic rings. The van der Waals surface area contributed by atoms with Gasteiger partial charge in [0.05, 0.1) is 6.54 Å². The van der Waals surface area contributed by atoms with Gasteiger partial charge < -0.3 is 10.6 Å². The number of benzene rings is 1. The fourth-order valence-electron chi connectivity index (χ4n) is 2.35. The van der Waals surface area contributed by atoms with Crippen molar-refractivity contribution in [3.63, 3.8) is 0 Å². The minimum atomic E-state index is 0.728. The zero-order valence-electron chi connectivity index (χ0n) is 14.0. The van der Waals surface area contributed by atoms with Crippen LogP contribution in [-0.2, 0) is 13.0 Å². The van der Waals surface area contributed by atoms with Gasteiger partial charge in [-0.3, -0.25) is 4.99 Å². The first kappa shape index (κ1) is 17.5. The number of aliphatic imine (C=N–C) groups is 1. The Balaban J connectivity index is 1.55. The number of aromatic nitrogens is 1. The number of hydrogen-bond acceptors (Lipinski definition) is 3. The summed E-state index contributed by atoms with van der Waals surface area (Å²) in [5.41, 5.74) is 1.43. The Kier molecular flexibility index (Phi) is 7.60. The Hall–Kier alpha value is -1.88. The van der Waals surface area contributed by atoms with Crippen LogP contribution < -0.4 is 10.6 Å². The molecule has 2 aromatic rings. The highest BCUT2D eigenvalue weighted by molar-refractivity contribution is 7.11. The Labute approximate surface area is 143 Å². The third kappa shape index (κ3) is 6.82. The first-order valence-electron chi connectivity index (χ1n) is 8.17. The fourth-order valence-corrected chi connectivity index (χ4v) is 3.07. The molecule has 0 aliphatic heterocycles. The smallest absolute Gasteiger partial charge is 0.191 e. The van der Waals surface area contributed by atoms with E-state index in [0.29, 0.717) is 0 Å². The molecule has 0 radical (unpaired) electrons. The first-order chi connectivity index (χ1) is 11.3. The minimum absolute atomic E-state index is 0.728. The van der Waals surface area contributed by atoms with E-state index in [1.54, 1.807) is 18.4 Å². The molecule has 0 atom stereocenters. The van der Waals surface area contributed by atoms with E-state index in [0.717, 1.165) is 36.9 Å². The molecule has 0 fully saturated rings. The van der Waals surface area contributed by atoms with Gasteiger partial charge in [0.1, 0.15) is 5.01 Å². The van der Waals surface area contributed by atoms with Crippen molar-refractivity contribution in [3.05, 3.63) is 52.0 Å². The average molecular weight is 331 g/mol. The maximum Gasteiger partial charge on any atom is 0.191 e. The van der Waals surface area contributed by atoms with Gasteiger partial charge in [-0.2, -0.15) is 0 Å². The molecule has 0 bridgehead atoms. The van der Waals surface area contributed by atoms with E-state index in [4.69, 9.17) is 0 Å². The molecule has 1 aromatic carbocycles. The standard InChI is InChI=1S/C18H26N4S/c1-15-13-21-17(23-15)14-22-18(19-2)20-12-8-4-7-11-16-9-5-3-6-10-16/h3,5-6,9-10,13H,4,7-8,11-12,14H2,1-2H3,(H2,19,20,22). The summed E-state index contributed by atoms with van der Waals surface area (Å²) in [5, 5.41) is 7.75. The lowest BCUT2D eigenvalue weighted by atomic mass is 10.1. The average Bonchev–Trinajstić information content (AvgIpc) is 3.00. The van der Waals surface area contributed by atoms with Crippen LogP contribution in [0.3, 0.4) is 0 Å². The Morgan fingerprint density at radius 1 is 1.13 bits per heavy atom. The highest BCUT2D eigenvalue weighted by atomic mass is 32.1. The molecule has 2 N–H and O–H groups in total. The van der Waals surface area contributed by atoms with Crippen molar-refractivity contribution < 1.29 is 0 Å². The van der Waals surface area contributed by atoms with Crippen LogP contribution >= 0.6 is 11.3 Å². The van der Waals surface area contributed by atoms with Gasteiger partial charge in [-0.05, 0) is 31.7 Å². The molecule has 1 aromatic heterocycles. The molecule has 23 heavy (non-hydrogen) atoms. The summed E-state index contributed by atoms with van der Waals surface area (Å²) in [6.07, 6.45) is 6.69. The van der Waals surface area contributed by atoms with Crippen molar-refractivity contribution in [1.82, 2.24) is 15.6 Å². The van der Waals surface area contributed by atoms with Crippen LogP contribution in [0.15, 0.2) is 41.5 Å². The van der Waals surface area contributed by atoms with Crippen molar-refractivity contribution in [1.29, 1.82) is 0 Å². The maximum absolute atomic E-state index is 4.34. The molecular formula is C18H26N4S. The number of nitrogens with one attached hydrogen (secondary N) is 2. The SMILES string of the molecule is CN=C(NCCCCCc1ccccc1)NCc1ncc(C)s1. The van der Waals surface area contributed by atoms with Gasteiger partial charge in [-0.25, -0.2) is 4.98 Å². The van der Waals surface area contributed by atoms with E-state index in [2.05, 4.69) is 57.9 Å². The van der Waals surface area contributed by atoms with E-state index < -0.39 is 0 Å². The van der Waals surface area contributed by atoms with Crippen molar-refractivity contribution in [2.24, 2.45) is 4.99 Å². The summed E-state index contributed by atoms with van der Waals surface area (Å²) in [4.78, 5) is 9.83. The van der Waals surface area contributed by atoms with Crippen LogP contribution in [0.25, 0.3) is 0 Å². The topological polar surface area (TPSA) is 49.3 Å². The quantitative estimate of drug-likeness (QED) is 0.442. The number of hydrogen-bond donors (Lipinski definition) is 2. The number of guanidine groups is 1. The molecule has 0 saturated heterocycles. The Morgan fingerprint density at radius 3 is 2.65 bits per heavy atom. The lowest BCUT2D eigenvalue weighted by molar-refractivity contribution is 0.655. The monoisotopic (exact) mass is 330 g/mol. The zero-order chi connectivity index (χ0) is 16.3. The normalized spacial score (nSPS) is 11.5. The molecule has 0 aliphatic carbocycles. The summed E-state index contributed by atoms with van der Waals surface area (Å²) >= 11 is 1.72. The molecule has 0 amide bonds. The number of rotatable bonds is 8. The highest BCUT2D eigenvalue weighted by Crippen LogP contribution is 2.10. The molecular weight excluding hydrogens is 304 g/mol. The van der Waals surface area contributed by atoms with Crippen molar-refractivity contribution in [3.8, 4) is 0 Å². The van der Waals surface area contributed by atoms with Crippen LogP contribution in [0.1, 0.15) is 34.7 Å². The molecule has 2 rings (SSSR count). The summed E-state index contributed by atoms with van der Waals surface area (Å²) in [6.45, 7) is 3.75. The van der Waals surface area contributed by atoms with Crippen molar-refractivity contribution in [2.75, 3.05) is 13.6 Å². The summed E-state index contributed by atoms with van der Waals surface area (Å²) in [6, 6.07) is 10.7. The van der Waals surface area contributed by atoms with E-state index in [-0.39, 0.29) is 0 Å². The molecule has 124 valence electrons. The van der Waals surface area contributed by atoms with Crippen LogP contribution in [0.5, 0.6) is 0 Å². The number of unbranched alkanes of at least 4 members (excludes halogenated alkanes) is 2. The van der Waals surface area contributed by atoms with Crippen LogP contribution in [-0.4, -0.2) is 24.5 Å². The molecule has 5 heteroatoms. The summed E-state index contributed by atoms with van der Waals surface area (Å²) in [5.74, 6) is 0.848. The van der Waals surface area contributed by atoms with Gasteiger partial charge in [0.2, 0.25) is 0 Å². The number of nitrogens with zero attached hydrogens (tertiary/aromatic N) is 2. The van der Waals surface area contributed by atoms with Gasteiger partial charge >= 0.3 is 0 Å². The van der Waals surface area contributed by atoms with Gasteiger partial charge in [0.15, 0.2) is 5.96 Å². The van der Waals surface area contributed by atoms with E-state index in [9.17, 15) is 0 Å². The van der Waals surface area contributed by atoms with Gasteiger partial charge in [0, 0.05) is 24.7 Å². The van der Waals surface area contributed by atoms with Crippen LogP contribution in [0.2, 0.25) is 0 Å². The Morgan fingerprint density at radius 2 is 1.96 bits per heavy atom. The van der Waals surface area contributed by atoms with Gasteiger partial charge in [0.25, 0.3) is 0 Å². The molecule has 1 heterocycles. The van der Waals surface area contributed by atoms with Crippen LogP contribution in [0, 0.1) is 6.92 Å². The number of thiazole rings is 1. The van der Waals surface area contributed by atoms with Gasteiger partial charge in [-0.15, -0.1) is 11.3 Å². The Bertz CT molecular complexity index is 592. The molecule has 4 nitrogen and oxygen atoms in total. The third-order valence-electron chi connectivity index (χ3n) is 3.58. The second-order valence-electron chi connectivity index (χ2n) is 5.51. The second-order valence-corrected chi connectivity index (χ2v) is 6.83. The van der Waals surface area contributed by atoms with E-state index >= 15 is 0 Å². The minimum Gasteiger partial charge on any atom is -0.356 e. The molecule has 0 spiro atoms. The van der Waals surface area contributed by atoms with Gasteiger partial charge in [-0.1, -0.05) is 36.8 Å². The predicted molar refractivity (Wildman–Crippen MR) is 99.0 cm³/mol. The second kappa shape index (κ2) is 10.0. The van der Waals surface area contributed by atoms with E-state index in [1.165, 1.54) is 23.3 Å². The van der Waals surface area contributed by atoms with E-state index in [1.807, 2.05) is 6.20 Å². The summed E-state index contributed by atoms with van der Waals surface area (Å²) < 4.78 is 0. The largest absolute Gasteiger partial charge is 0.356 e. The van der Waals surface area contributed by atoms with Crippen molar-refractivity contribution >= 4 is 17.3 Å². The summed E-state index contributed by atoms with van der Waals surface area (Å²) in [7, 11) is 1.80. The van der Waals surface area contributed by atoms with Crippen LogP contribution in [0.4, 0.5) is 0 Å². The molecule has 0 unspecified atom stereocenters. The lowest BCUT2D eigenvalue weighted by Gasteiger charge is -2.10. The number of aryl methyl sites for hydroxylation is 2. The molecule has 0 saturated carbocycles.